The fraction of sp³-hybridized carbons (Fsp3) is 0.700. The van der Waals surface area contributed by atoms with E-state index in [0.29, 0.717) is 13.1 Å². The second-order valence-corrected chi connectivity index (χ2v) is 3.79. The van der Waals surface area contributed by atoms with Gasteiger partial charge in [-0.3, -0.25) is 9.58 Å². The Balaban J connectivity index is 1.74. The minimum absolute atomic E-state index is 0.358. The summed E-state index contributed by atoms with van der Waals surface area (Å²) in [4.78, 5) is 2.22. The Morgan fingerprint density at radius 3 is 2.80 bits per heavy atom. The van der Waals surface area contributed by atoms with Crippen molar-refractivity contribution in [2.45, 2.75) is 12.6 Å². The van der Waals surface area contributed by atoms with Gasteiger partial charge in [0.2, 0.25) is 0 Å². The van der Waals surface area contributed by atoms with E-state index in [-0.39, 0.29) is 6.10 Å². The molecule has 2 heterocycles. The minimum Gasteiger partial charge on any atom is -0.390 e. The lowest BCUT2D eigenvalue weighted by Gasteiger charge is -2.28. The summed E-state index contributed by atoms with van der Waals surface area (Å²) in [5.74, 6) is 0. The molecule has 5 nitrogen and oxygen atoms in total. The predicted octanol–water partition coefficient (Wildman–Crippen LogP) is -0.424. The van der Waals surface area contributed by atoms with Gasteiger partial charge in [-0.2, -0.15) is 5.10 Å². The first kappa shape index (κ1) is 10.6. The van der Waals surface area contributed by atoms with Crippen LogP contribution in [0.2, 0.25) is 0 Å². The monoisotopic (exact) mass is 211 g/mol. The summed E-state index contributed by atoms with van der Waals surface area (Å²) >= 11 is 0. The van der Waals surface area contributed by atoms with Gasteiger partial charge in [-0.05, 0) is 6.07 Å². The fourth-order valence-corrected chi connectivity index (χ4v) is 1.76. The number of hydrogen-bond donors (Lipinski definition) is 1. The van der Waals surface area contributed by atoms with Crippen LogP contribution in [0, 0.1) is 0 Å². The summed E-state index contributed by atoms with van der Waals surface area (Å²) in [6.07, 6.45) is 3.23. The van der Waals surface area contributed by atoms with Gasteiger partial charge in [-0.25, -0.2) is 0 Å². The zero-order valence-electron chi connectivity index (χ0n) is 8.75. The van der Waals surface area contributed by atoms with E-state index in [0.717, 1.165) is 26.3 Å². The van der Waals surface area contributed by atoms with Gasteiger partial charge < -0.3 is 9.84 Å². The highest BCUT2D eigenvalue weighted by molar-refractivity contribution is 4.79. The highest BCUT2D eigenvalue weighted by Crippen LogP contribution is 2.00. The SMILES string of the molecule is O[C@H](CN1CCOCC1)Cn1cccn1. The van der Waals surface area contributed by atoms with Gasteiger partial charge in [0, 0.05) is 32.0 Å². The van der Waals surface area contributed by atoms with Crippen molar-refractivity contribution in [1.82, 2.24) is 14.7 Å². The Morgan fingerprint density at radius 1 is 1.33 bits per heavy atom. The smallest absolute Gasteiger partial charge is 0.0862 e. The molecule has 1 fully saturated rings. The molecular weight excluding hydrogens is 194 g/mol. The van der Waals surface area contributed by atoms with Crippen molar-refractivity contribution in [3.05, 3.63) is 18.5 Å². The Bertz CT molecular complexity index is 270. The van der Waals surface area contributed by atoms with Crippen molar-refractivity contribution < 1.29 is 9.84 Å². The molecule has 2 rings (SSSR count). The second kappa shape index (κ2) is 5.25. The van der Waals surface area contributed by atoms with Crippen LogP contribution in [0.4, 0.5) is 0 Å². The van der Waals surface area contributed by atoms with Crippen molar-refractivity contribution in [3.8, 4) is 0 Å². The first-order chi connectivity index (χ1) is 7.34. The van der Waals surface area contributed by atoms with Gasteiger partial charge in [-0.15, -0.1) is 0 Å². The number of aromatic nitrogens is 2. The van der Waals surface area contributed by atoms with E-state index < -0.39 is 0 Å². The lowest BCUT2D eigenvalue weighted by Crippen LogP contribution is -2.42. The molecule has 1 N–H and O–H groups in total. The molecule has 1 aliphatic rings. The third kappa shape index (κ3) is 3.30. The highest BCUT2D eigenvalue weighted by Gasteiger charge is 2.14. The Kier molecular flexibility index (Phi) is 3.71. The second-order valence-electron chi connectivity index (χ2n) is 3.79. The number of hydrogen-bond acceptors (Lipinski definition) is 4. The largest absolute Gasteiger partial charge is 0.390 e. The molecular formula is C10H17N3O2. The van der Waals surface area contributed by atoms with E-state index in [1.165, 1.54) is 0 Å². The molecule has 1 aromatic rings. The summed E-state index contributed by atoms with van der Waals surface area (Å²) in [6.45, 7) is 4.63. The van der Waals surface area contributed by atoms with E-state index in [1.54, 1.807) is 10.9 Å². The number of rotatable bonds is 4. The molecule has 1 aromatic heterocycles. The van der Waals surface area contributed by atoms with Crippen molar-refractivity contribution in [3.63, 3.8) is 0 Å². The Hall–Kier alpha value is -0.910. The van der Waals surface area contributed by atoms with Gasteiger partial charge in [0.25, 0.3) is 0 Å². The van der Waals surface area contributed by atoms with Crippen LogP contribution < -0.4 is 0 Å². The number of morpholine rings is 1. The summed E-state index contributed by atoms with van der Waals surface area (Å²) in [7, 11) is 0. The third-order valence-corrected chi connectivity index (χ3v) is 2.53. The molecule has 0 unspecified atom stereocenters. The Morgan fingerprint density at radius 2 is 2.13 bits per heavy atom. The molecule has 0 spiro atoms. The molecule has 1 saturated heterocycles. The number of nitrogens with zero attached hydrogens (tertiary/aromatic N) is 3. The van der Waals surface area contributed by atoms with E-state index in [1.807, 2.05) is 12.3 Å². The summed E-state index contributed by atoms with van der Waals surface area (Å²) < 4.78 is 7.00. The van der Waals surface area contributed by atoms with Crippen LogP contribution in [0.1, 0.15) is 0 Å². The average molecular weight is 211 g/mol. The molecule has 15 heavy (non-hydrogen) atoms. The number of aliphatic hydroxyl groups excluding tert-OH is 1. The molecule has 1 aliphatic heterocycles. The lowest BCUT2D eigenvalue weighted by molar-refractivity contribution is 0.0108. The van der Waals surface area contributed by atoms with Crippen LogP contribution in [0.3, 0.4) is 0 Å². The van der Waals surface area contributed by atoms with Gasteiger partial charge in [0.05, 0.1) is 25.9 Å². The standard InChI is InChI=1S/C10H17N3O2/c14-10(9-13-3-1-2-11-13)8-12-4-6-15-7-5-12/h1-3,10,14H,4-9H2/t10-/m1/s1. The van der Waals surface area contributed by atoms with E-state index in [2.05, 4.69) is 10.00 Å². The van der Waals surface area contributed by atoms with Gasteiger partial charge in [0.1, 0.15) is 0 Å². The minimum atomic E-state index is -0.358. The number of β-amino-alcohol motifs (C(OH)–C–C–N with tert-alkyl or cyclic N) is 1. The van der Waals surface area contributed by atoms with Crippen molar-refractivity contribution in [2.24, 2.45) is 0 Å². The molecule has 1 atom stereocenters. The van der Waals surface area contributed by atoms with Crippen LogP contribution in [-0.4, -0.2) is 58.7 Å². The van der Waals surface area contributed by atoms with E-state index >= 15 is 0 Å². The Labute approximate surface area is 89.3 Å². The molecule has 0 aromatic carbocycles. The number of aliphatic hydroxyl groups is 1. The maximum Gasteiger partial charge on any atom is 0.0862 e. The maximum atomic E-state index is 9.83. The topological polar surface area (TPSA) is 50.5 Å². The first-order valence-electron chi connectivity index (χ1n) is 5.30. The van der Waals surface area contributed by atoms with Gasteiger partial charge in [0.15, 0.2) is 0 Å². The van der Waals surface area contributed by atoms with Crippen LogP contribution in [0.5, 0.6) is 0 Å². The van der Waals surface area contributed by atoms with Crippen LogP contribution >= 0.6 is 0 Å². The van der Waals surface area contributed by atoms with E-state index in [4.69, 9.17) is 4.74 Å². The van der Waals surface area contributed by atoms with Crippen molar-refractivity contribution in [2.75, 3.05) is 32.8 Å². The molecule has 0 bridgehead atoms. The molecule has 0 aliphatic carbocycles. The zero-order chi connectivity index (χ0) is 10.5. The maximum absolute atomic E-state index is 9.83. The quantitative estimate of drug-likeness (QED) is 0.734. The average Bonchev–Trinajstić information content (AvgIpc) is 2.71. The third-order valence-electron chi connectivity index (χ3n) is 2.53. The molecule has 5 heteroatoms. The van der Waals surface area contributed by atoms with Crippen molar-refractivity contribution >= 4 is 0 Å². The van der Waals surface area contributed by atoms with Gasteiger partial charge in [-0.1, -0.05) is 0 Å². The van der Waals surface area contributed by atoms with Crippen LogP contribution in [0.25, 0.3) is 0 Å². The molecule has 0 saturated carbocycles. The van der Waals surface area contributed by atoms with Crippen molar-refractivity contribution in [1.29, 1.82) is 0 Å². The van der Waals surface area contributed by atoms with Crippen LogP contribution in [0.15, 0.2) is 18.5 Å². The molecule has 0 radical (unpaired) electrons. The zero-order valence-corrected chi connectivity index (χ0v) is 8.75. The summed E-state index contributed by atoms with van der Waals surface area (Å²) in [5, 5.41) is 13.9. The first-order valence-corrected chi connectivity index (χ1v) is 5.30. The summed E-state index contributed by atoms with van der Waals surface area (Å²) in [5.41, 5.74) is 0. The normalized spacial score (nSPS) is 20.3. The summed E-state index contributed by atoms with van der Waals surface area (Å²) in [6, 6.07) is 1.86. The predicted molar refractivity (Wildman–Crippen MR) is 55.5 cm³/mol. The lowest BCUT2D eigenvalue weighted by atomic mass is 10.3. The highest BCUT2D eigenvalue weighted by atomic mass is 16.5. The molecule has 0 amide bonds. The fourth-order valence-electron chi connectivity index (χ4n) is 1.76. The van der Waals surface area contributed by atoms with Crippen LogP contribution in [-0.2, 0) is 11.3 Å². The van der Waals surface area contributed by atoms with E-state index in [9.17, 15) is 5.11 Å². The number of ether oxygens (including phenoxy) is 1. The molecule has 84 valence electrons. The van der Waals surface area contributed by atoms with Gasteiger partial charge >= 0.3 is 0 Å².